The van der Waals surface area contributed by atoms with Crippen LogP contribution in [-0.4, -0.2) is 30.5 Å². The molecule has 0 aromatic heterocycles. The van der Waals surface area contributed by atoms with Gasteiger partial charge in [0, 0.05) is 18.8 Å². The molecule has 0 saturated carbocycles. The average Bonchev–Trinajstić information content (AvgIpc) is 2.19. The Bertz CT molecular complexity index is 217. The van der Waals surface area contributed by atoms with Crippen molar-refractivity contribution in [2.75, 3.05) is 18.0 Å². The Morgan fingerprint density at radius 2 is 1.86 bits per heavy atom. The highest BCUT2D eigenvalue weighted by Gasteiger charge is 2.01. The van der Waals surface area contributed by atoms with Gasteiger partial charge in [-0.25, -0.2) is 0 Å². The average molecular weight is 206 g/mol. The van der Waals surface area contributed by atoms with Crippen molar-refractivity contribution >= 4 is 23.0 Å². The first kappa shape index (κ1) is 13.6. The summed E-state index contributed by atoms with van der Waals surface area (Å²) >= 11 is 0. The molecular formula is C12H21AlN. The van der Waals surface area contributed by atoms with Gasteiger partial charge < -0.3 is 4.90 Å². The van der Waals surface area contributed by atoms with E-state index >= 15 is 0 Å². The molecule has 0 bridgehead atoms. The number of hydrogen-bond donors (Lipinski definition) is 0. The van der Waals surface area contributed by atoms with Crippen LogP contribution in [0.15, 0.2) is 24.3 Å². The SMILES string of the molecule is CCCN(CCC)c1c[c]ccc1.[AlH3]. The standard InChI is InChI=1S/C12H18N.Al.3H/c1-3-10-13(11-4-2)12-8-6-5-7-9-12;;;;/h5-6,8-9H,3-4,10-11H2,1-2H3;;;;. The summed E-state index contributed by atoms with van der Waals surface area (Å²) in [4.78, 5) is 2.41. The van der Waals surface area contributed by atoms with Crippen molar-refractivity contribution in [3.05, 3.63) is 30.3 Å². The van der Waals surface area contributed by atoms with Gasteiger partial charge in [-0.05, 0) is 31.0 Å². The molecule has 0 aliphatic rings. The fourth-order valence-electron chi connectivity index (χ4n) is 1.49. The van der Waals surface area contributed by atoms with Crippen LogP contribution in [0.4, 0.5) is 5.69 Å². The first-order valence-corrected chi connectivity index (χ1v) is 5.09. The minimum absolute atomic E-state index is 0. The highest BCUT2D eigenvalue weighted by molar-refractivity contribution is 5.75. The van der Waals surface area contributed by atoms with Crippen LogP contribution < -0.4 is 4.90 Å². The number of benzene rings is 1. The van der Waals surface area contributed by atoms with E-state index in [1.165, 1.54) is 18.5 Å². The molecule has 1 radical (unpaired) electrons. The Morgan fingerprint density at radius 3 is 2.29 bits per heavy atom. The summed E-state index contributed by atoms with van der Waals surface area (Å²) in [7, 11) is 0. The number of nitrogens with zero attached hydrogens (tertiary/aromatic N) is 1. The Hall–Kier alpha value is -0.448. The maximum atomic E-state index is 3.12. The van der Waals surface area contributed by atoms with Crippen molar-refractivity contribution in [2.45, 2.75) is 26.7 Å². The van der Waals surface area contributed by atoms with E-state index in [9.17, 15) is 0 Å². The molecule has 0 saturated heterocycles. The highest BCUT2D eigenvalue weighted by Crippen LogP contribution is 2.13. The Morgan fingerprint density at radius 1 is 1.21 bits per heavy atom. The Labute approximate surface area is 98.3 Å². The molecule has 1 rings (SSSR count). The third-order valence-corrected chi connectivity index (χ3v) is 2.04. The molecule has 1 aromatic rings. The second kappa shape index (κ2) is 7.91. The van der Waals surface area contributed by atoms with E-state index in [0.29, 0.717) is 0 Å². The molecule has 0 aliphatic carbocycles. The lowest BCUT2D eigenvalue weighted by atomic mass is 10.2. The van der Waals surface area contributed by atoms with Crippen LogP contribution in [0.1, 0.15) is 26.7 Å². The van der Waals surface area contributed by atoms with Crippen LogP contribution in [-0.2, 0) is 0 Å². The summed E-state index contributed by atoms with van der Waals surface area (Å²) in [6.07, 6.45) is 2.41. The zero-order valence-electron chi connectivity index (χ0n) is 8.59. The normalized spacial score (nSPS) is 9.29. The van der Waals surface area contributed by atoms with Gasteiger partial charge in [0.15, 0.2) is 17.4 Å². The second-order valence-electron chi connectivity index (χ2n) is 3.25. The molecule has 0 N–H and O–H groups in total. The van der Waals surface area contributed by atoms with Crippen molar-refractivity contribution in [1.82, 2.24) is 0 Å². The maximum absolute atomic E-state index is 3.12. The van der Waals surface area contributed by atoms with Crippen LogP contribution in [0.2, 0.25) is 0 Å². The quantitative estimate of drug-likeness (QED) is 0.665. The van der Waals surface area contributed by atoms with Gasteiger partial charge in [0.05, 0.1) is 0 Å². The molecule has 0 amide bonds. The summed E-state index contributed by atoms with van der Waals surface area (Å²) < 4.78 is 0. The molecule has 0 spiro atoms. The first-order valence-electron chi connectivity index (χ1n) is 5.09. The van der Waals surface area contributed by atoms with Crippen LogP contribution in [0.3, 0.4) is 0 Å². The molecule has 0 heterocycles. The lowest BCUT2D eigenvalue weighted by Crippen LogP contribution is -2.24. The summed E-state index contributed by atoms with van der Waals surface area (Å²) in [6.45, 7) is 6.72. The fraction of sp³-hybridized carbons (Fsp3) is 0.500. The van der Waals surface area contributed by atoms with E-state index in [2.05, 4.69) is 36.9 Å². The monoisotopic (exact) mass is 206 g/mol. The molecule has 2 heteroatoms. The van der Waals surface area contributed by atoms with Gasteiger partial charge in [0.25, 0.3) is 0 Å². The molecular weight excluding hydrogens is 185 g/mol. The van der Waals surface area contributed by atoms with Crippen molar-refractivity contribution < 1.29 is 0 Å². The van der Waals surface area contributed by atoms with Gasteiger partial charge in [-0.1, -0.05) is 26.0 Å². The van der Waals surface area contributed by atoms with Gasteiger partial charge in [0.1, 0.15) is 0 Å². The third-order valence-electron chi connectivity index (χ3n) is 2.04. The van der Waals surface area contributed by atoms with E-state index < -0.39 is 0 Å². The molecule has 0 unspecified atom stereocenters. The van der Waals surface area contributed by atoms with Crippen LogP contribution in [0.25, 0.3) is 0 Å². The predicted molar refractivity (Wildman–Crippen MR) is 68.0 cm³/mol. The summed E-state index contributed by atoms with van der Waals surface area (Å²) in [5.74, 6) is 0. The fourth-order valence-corrected chi connectivity index (χ4v) is 1.49. The van der Waals surface area contributed by atoms with E-state index in [1.54, 1.807) is 0 Å². The lowest BCUT2D eigenvalue weighted by Gasteiger charge is -2.23. The highest BCUT2D eigenvalue weighted by atomic mass is 27.0. The second-order valence-corrected chi connectivity index (χ2v) is 3.25. The van der Waals surface area contributed by atoms with Gasteiger partial charge >= 0.3 is 0 Å². The van der Waals surface area contributed by atoms with Crippen LogP contribution >= 0.6 is 0 Å². The first-order chi connectivity index (χ1) is 6.38. The van der Waals surface area contributed by atoms with Gasteiger partial charge in [-0.2, -0.15) is 0 Å². The molecule has 1 aromatic carbocycles. The molecule has 14 heavy (non-hydrogen) atoms. The van der Waals surface area contributed by atoms with E-state index in [-0.39, 0.29) is 17.4 Å². The largest absolute Gasteiger partial charge is 0.372 e. The van der Waals surface area contributed by atoms with E-state index in [0.717, 1.165) is 13.1 Å². The molecule has 77 valence electrons. The minimum atomic E-state index is 0. The van der Waals surface area contributed by atoms with Crippen LogP contribution in [0, 0.1) is 6.07 Å². The van der Waals surface area contributed by atoms with Gasteiger partial charge in [0.2, 0.25) is 0 Å². The zero-order chi connectivity index (χ0) is 9.52. The third kappa shape index (κ3) is 4.18. The predicted octanol–water partition coefficient (Wildman–Crippen LogP) is 1.93. The van der Waals surface area contributed by atoms with E-state index in [4.69, 9.17) is 0 Å². The smallest absolute Gasteiger partial charge is 0.187 e. The Balaban J connectivity index is 0.00000169. The summed E-state index contributed by atoms with van der Waals surface area (Å²) in [5.41, 5.74) is 1.30. The lowest BCUT2D eigenvalue weighted by molar-refractivity contribution is 0.745. The van der Waals surface area contributed by atoms with E-state index in [1.807, 2.05) is 12.1 Å². The molecule has 0 fully saturated rings. The minimum Gasteiger partial charge on any atom is -0.372 e. The molecule has 0 atom stereocenters. The van der Waals surface area contributed by atoms with Crippen molar-refractivity contribution in [2.24, 2.45) is 0 Å². The number of hydrogen-bond acceptors (Lipinski definition) is 1. The van der Waals surface area contributed by atoms with Crippen molar-refractivity contribution in [1.29, 1.82) is 0 Å². The van der Waals surface area contributed by atoms with Crippen molar-refractivity contribution in [3.63, 3.8) is 0 Å². The summed E-state index contributed by atoms with van der Waals surface area (Å²) in [5, 5.41) is 0. The van der Waals surface area contributed by atoms with Crippen molar-refractivity contribution in [3.8, 4) is 0 Å². The number of anilines is 1. The van der Waals surface area contributed by atoms with Gasteiger partial charge in [-0.3, -0.25) is 0 Å². The topological polar surface area (TPSA) is 3.24 Å². The zero-order valence-corrected chi connectivity index (χ0v) is 8.59. The summed E-state index contributed by atoms with van der Waals surface area (Å²) in [6, 6.07) is 11.3. The number of rotatable bonds is 5. The maximum Gasteiger partial charge on any atom is 0.187 e. The van der Waals surface area contributed by atoms with Gasteiger partial charge in [-0.15, -0.1) is 0 Å². The molecule has 0 aliphatic heterocycles. The molecule has 1 nitrogen and oxygen atoms in total. The van der Waals surface area contributed by atoms with Crippen LogP contribution in [0.5, 0.6) is 0 Å². The Kier molecular flexibility index (Phi) is 7.66.